The van der Waals surface area contributed by atoms with Crippen LogP contribution in [0.4, 0.5) is 5.82 Å². The van der Waals surface area contributed by atoms with Crippen LogP contribution in [-0.4, -0.2) is 48.8 Å². The Hall–Kier alpha value is -2.76. The molecule has 0 spiro atoms. The van der Waals surface area contributed by atoms with E-state index in [1.165, 1.54) is 5.56 Å². The molecule has 6 heteroatoms. The zero-order valence-electron chi connectivity index (χ0n) is 15.9. The molecular formula is C21H29N5O. The lowest BCUT2D eigenvalue weighted by Crippen LogP contribution is -2.49. The highest BCUT2D eigenvalue weighted by atomic mass is 16.3. The third kappa shape index (κ3) is 5.88. The molecule has 2 aromatic rings. The second kappa shape index (κ2) is 9.80. The first kappa shape index (κ1) is 19.0. The van der Waals surface area contributed by atoms with Gasteiger partial charge in [0, 0.05) is 38.9 Å². The van der Waals surface area contributed by atoms with Gasteiger partial charge in [0.25, 0.3) is 0 Å². The van der Waals surface area contributed by atoms with E-state index in [4.69, 9.17) is 0 Å². The van der Waals surface area contributed by atoms with Crippen molar-refractivity contribution in [3.8, 4) is 5.75 Å². The molecule has 0 bridgehead atoms. The second-order valence-corrected chi connectivity index (χ2v) is 6.86. The monoisotopic (exact) mass is 367 g/mol. The van der Waals surface area contributed by atoms with Gasteiger partial charge in [0.1, 0.15) is 11.6 Å². The van der Waals surface area contributed by atoms with Gasteiger partial charge in [-0.2, -0.15) is 0 Å². The summed E-state index contributed by atoms with van der Waals surface area (Å²) in [4.78, 5) is 11.1. The molecule has 6 nitrogen and oxygen atoms in total. The predicted octanol–water partition coefficient (Wildman–Crippen LogP) is 2.55. The summed E-state index contributed by atoms with van der Waals surface area (Å²) in [5, 5.41) is 16.3. The molecule has 144 valence electrons. The number of aryl methyl sites for hydroxylation is 1. The van der Waals surface area contributed by atoms with Crippen LogP contribution in [-0.2, 0) is 6.42 Å². The number of aromatic hydroxyl groups is 1. The van der Waals surface area contributed by atoms with Gasteiger partial charge in [-0.3, -0.25) is 4.99 Å². The summed E-state index contributed by atoms with van der Waals surface area (Å²) >= 11 is 0. The van der Waals surface area contributed by atoms with Crippen LogP contribution in [0.3, 0.4) is 0 Å². The number of aromatic nitrogens is 1. The molecule has 3 N–H and O–H groups in total. The molecule has 1 aliphatic heterocycles. The number of nitrogens with one attached hydrogen (secondary N) is 2. The van der Waals surface area contributed by atoms with Crippen LogP contribution < -0.4 is 15.5 Å². The number of guanidine groups is 1. The zero-order chi connectivity index (χ0) is 18.9. The average molecular weight is 367 g/mol. The SMILES string of the molecule is CN=C(NCCCc1ccc(O)cc1)NC1CCN(c2ccccn2)CC1. The number of hydrogen-bond donors (Lipinski definition) is 3. The Kier molecular flexibility index (Phi) is 6.90. The van der Waals surface area contributed by atoms with E-state index in [2.05, 4.69) is 31.6 Å². The van der Waals surface area contributed by atoms with Crippen molar-refractivity contribution in [2.45, 2.75) is 31.7 Å². The fraction of sp³-hybridized carbons (Fsp3) is 0.429. The number of phenols is 1. The molecule has 1 saturated heterocycles. The first-order chi connectivity index (χ1) is 13.2. The molecular weight excluding hydrogens is 338 g/mol. The second-order valence-electron chi connectivity index (χ2n) is 6.86. The van der Waals surface area contributed by atoms with E-state index in [-0.39, 0.29) is 0 Å². The largest absolute Gasteiger partial charge is 0.508 e. The molecule has 0 amide bonds. The molecule has 1 aliphatic rings. The summed E-state index contributed by atoms with van der Waals surface area (Å²) in [6, 6.07) is 13.9. The molecule has 0 aliphatic carbocycles. The minimum atomic E-state index is 0.315. The lowest BCUT2D eigenvalue weighted by atomic mass is 10.1. The lowest BCUT2D eigenvalue weighted by Gasteiger charge is -2.33. The number of rotatable bonds is 6. The van der Waals surface area contributed by atoms with Gasteiger partial charge < -0.3 is 20.6 Å². The van der Waals surface area contributed by atoms with Crippen LogP contribution in [0.2, 0.25) is 0 Å². The maximum atomic E-state index is 9.33. The molecule has 1 fully saturated rings. The minimum absolute atomic E-state index is 0.315. The zero-order valence-corrected chi connectivity index (χ0v) is 15.9. The van der Waals surface area contributed by atoms with E-state index in [9.17, 15) is 5.11 Å². The maximum Gasteiger partial charge on any atom is 0.191 e. The van der Waals surface area contributed by atoms with Gasteiger partial charge in [0.05, 0.1) is 0 Å². The fourth-order valence-corrected chi connectivity index (χ4v) is 3.34. The quantitative estimate of drug-likeness (QED) is 0.416. The van der Waals surface area contributed by atoms with Crippen LogP contribution in [0, 0.1) is 0 Å². The highest BCUT2D eigenvalue weighted by Gasteiger charge is 2.20. The molecule has 0 atom stereocenters. The van der Waals surface area contributed by atoms with Crippen LogP contribution in [0.25, 0.3) is 0 Å². The first-order valence-electron chi connectivity index (χ1n) is 9.65. The van der Waals surface area contributed by atoms with Crippen molar-refractivity contribution in [3.63, 3.8) is 0 Å². The average Bonchev–Trinajstić information content (AvgIpc) is 2.72. The number of nitrogens with zero attached hydrogens (tertiary/aromatic N) is 3. The van der Waals surface area contributed by atoms with E-state index in [0.717, 1.165) is 57.1 Å². The first-order valence-corrected chi connectivity index (χ1v) is 9.65. The number of piperidine rings is 1. The van der Waals surface area contributed by atoms with Crippen LogP contribution in [0.1, 0.15) is 24.8 Å². The van der Waals surface area contributed by atoms with E-state index in [0.29, 0.717) is 11.8 Å². The topological polar surface area (TPSA) is 72.8 Å². The number of hydrogen-bond acceptors (Lipinski definition) is 4. The Morgan fingerprint density at radius 1 is 1.19 bits per heavy atom. The minimum Gasteiger partial charge on any atom is -0.508 e. The fourth-order valence-electron chi connectivity index (χ4n) is 3.34. The molecule has 0 unspecified atom stereocenters. The van der Waals surface area contributed by atoms with Crippen LogP contribution >= 0.6 is 0 Å². The Morgan fingerprint density at radius 3 is 2.63 bits per heavy atom. The third-order valence-electron chi connectivity index (χ3n) is 4.90. The van der Waals surface area contributed by atoms with E-state index in [1.54, 1.807) is 12.1 Å². The summed E-state index contributed by atoms with van der Waals surface area (Å²) in [6.45, 7) is 2.88. The van der Waals surface area contributed by atoms with Gasteiger partial charge in [-0.1, -0.05) is 18.2 Å². The van der Waals surface area contributed by atoms with Crippen molar-refractivity contribution in [1.29, 1.82) is 0 Å². The third-order valence-corrected chi connectivity index (χ3v) is 4.90. The highest BCUT2D eigenvalue weighted by Crippen LogP contribution is 2.17. The summed E-state index contributed by atoms with van der Waals surface area (Å²) in [5.74, 6) is 2.25. The van der Waals surface area contributed by atoms with Gasteiger partial charge in [-0.25, -0.2) is 4.98 Å². The van der Waals surface area contributed by atoms with Crippen molar-refractivity contribution in [1.82, 2.24) is 15.6 Å². The number of phenolic OH excluding ortho intramolecular Hbond substituents is 1. The van der Waals surface area contributed by atoms with E-state index >= 15 is 0 Å². The van der Waals surface area contributed by atoms with E-state index < -0.39 is 0 Å². The Bertz CT molecular complexity index is 709. The molecule has 1 aromatic carbocycles. The summed E-state index contributed by atoms with van der Waals surface area (Å²) < 4.78 is 0. The van der Waals surface area contributed by atoms with Crippen molar-refractivity contribution in [2.75, 3.05) is 31.6 Å². The van der Waals surface area contributed by atoms with Crippen molar-refractivity contribution >= 4 is 11.8 Å². The van der Waals surface area contributed by atoms with Crippen molar-refractivity contribution < 1.29 is 5.11 Å². The molecule has 1 aromatic heterocycles. The Morgan fingerprint density at radius 2 is 1.96 bits per heavy atom. The summed E-state index contributed by atoms with van der Waals surface area (Å²) in [6.07, 6.45) is 6.00. The smallest absolute Gasteiger partial charge is 0.191 e. The van der Waals surface area contributed by atoms with Gasteiger partial charge in [-0.05, 0) is 55.5 Å². The van der Waals surface area contributed by atoms with Gasteiger partial charge in [0.15, 0.2) is 5.96 Å². The standard InChI is InChI=1S/C21H29N5O/c1-22-21(24-14-4-5-17-7-9-19(27)10-8-17)25-18-11-15-26(16-12-18)20-6-2-3-13-23-20/h2-3,6-10,13,18,27H,4-5,11-12,14-16H2,1H3,(H2,22,24,25). The molecule has 3 rings (SSSR count). The van der Waals surface area contributed by atoms with E-state index in [1.807, 2.05) is 37.5 Å². The van der Waals surface area contributed by atoms with Gasteiger partial charge in [-0.15, -0.1) is 0 Å². The number of anilines is 1. The van der Waals surface area contributed by atoms with Crippen molar-refractivity contribution in [3.05, 3.63) is 54.2 Å². The number of benzene rings is 1. The number of aliphatic imine (C=N–C) groups is 1. The Labute approximate surface area is 161 Å². The summed E-state index contributed by atoms with van der Waals surface area (Å²) in [7, 11) is 1.82. The van der Waals surface area contributed by atoms with Gasteiger partial charge in [0.2, 0.25) is 0 Å². The molecule has 2 heterocycles. The maximum absolute atomic E-state index is 9.33. The van der Waals surface area contributed by atoms with Gasteiger partial charge >= 0.3 is 0 Å². The number of pyridine rings is 1. The van der Waals surface area contributed by atoms with Crippen LogP contribution in [0.15, 0.2) is 53.7 Å². The van der Waals surface area contributed by atoms with Crippen molar-refractivity contribution in [2.24, 2.45) is 4.99 Å². The predicted molar refractivity (Wildman–Crippen MR) is 110 cm³/mol. The summed E-state index contributed by atoms with van der Waals surface area (Å²) in [5.41, 5.74) is 1.24. The molecule has 0 saturated carbocycles. The highest BCUT2D eigenvalue weighted by molar-refractivity contribution is 5.79. The van der Waals surface area contributed by atoms with Crippen LogP contribution in [0.5, 0.6) is 5.75 Å². The lowest BCUT2D eigenvalue weighted by molar-refractivity contribution is 0.459. The Balaban J connectivity index is 1.36. The molecule has 0 radical (unpaired) electrons. The molecule has 27 heavy (non-hydrogen) atoms. The normalized spacial score (nSPS) is 15.6.